The summed E-state index contributed by atoms with van der Waals surface area (Å²) >= 11 is 0. The Kier molecular flexibility index (Phi) is 5.37. The summed E-state index contributed by atoms with van der Waals surface area (Å²) in [7, 11) is 0. The van der Waals surface area contributed by atoms with Crippen molar-refractivity contribution in [3.05, 3.63) is 41.0 Å². The first-order valence-electron chi connectivity index (χ1n) is 8.76. The van der Waals surface area contributed by atoms with Gasteiger partial charge in [-0.25, -0.2) is 0 Å². The average Bonchev–Trinajstić information content (AvgIpc) is 3.15. The second-order valence-corrected chi connectivity index (χ2v) is 6.44. The molecular weight excluding hydrogens is 359 g/mol. The Hall–Kier alpha value is -2.60. The summed E-state index contributed by atoms with van der Waals surface area (Å²) in [6.45, 7) is 6.39. The van der Waals surface area contributed by atoms with E-state index in [0.29, 0.717) is 50.0 Å². The molecule has 1 saturated heterocycles. The minimum absolute atomic E-state index is 0.0494. The molecule has 3 rings (SSSR count). The Bertz CT molecular complexity index is 834. The maximum Gasteiger partial charge on any atom is 0.417 e. The fraction of sp³-hybridized carbons (Fsp3) is 0.500. The number of piperazine rings is 1. The number of aryl methyl sites for hydroxylation is 1. The lowest BCUT2D eigenvalue weighted by atomic mass is 10.1. The fourth-order valence-corrected chi connectivity index (χ4v) is 3.17. The van der Waals surface area contributed by atoms with Crippen LogP contribution in [0.15, 0.2) is 22.7 Å². The van der Waals surface area contributed by atoms with Crippen molar-refractivity contribution < 1.29 is 17.7 Å². The van der Waals surface area contributed by atoms with E-state index in [0.717, 1.165) is 6.07 Å². The van der Waals surface area contributed by atoms with E-state index in [1.165, 1.54) is 6.07 Å². The van der Waals surface area contributed by atoms with Crippen LogP contribution >= 0.6 is 0 Å². The second kappa shape index (κ2) is 7.56. The van der Waals surface area contributed by atoms with Gasteiger partial charge in [-0.2, -0.15) is 23.4 Å². The van der Waals surface area contributed by atoms with Crippen LogP contribution in [0.5, 0.6) is 0 Å². The third-order valence-electron chi connectivity index (χ3n) is 4.81. The topological polar surface area (TPSA) is 69.2 Å². The Morgan fingerprint density at radius 1 is 1.26 bits per heavy atom. The summed E-state index contributed by atoms with van der Waals surface area (Å²) in [4.78, 5) is 8.41. The molecule has 1 unspecified atom stereocenters. The molecule has 0 saturated carbocycles. The van der Waals surface area contributed by atoms with Gasteiger partial charge in [0.25, 0.3) is 0 Å². The van der Waals surface area contributed by atoms with E-state index in [2.05, 4.69) is 15.0 Å². The van der Waals surface area contributed by atoms with Crippen molar-refractivity contribution >= 4 is 5.69 Å². The molecule has 6 nitrogen and oxygen atoms in total. The number of aromatic nitrogens is 2. The van der Waals surface area contributed by atoms with Gasteiger partial charge in [0.15, 0.2) is 5.82 Å². The van der Waals surface area contributed by atoms with Crippen molar-refractivity contribution in [3.8, 4) is 6.07 Å². The summed E-state index contributed by atoms with van der Waals surface area (Å²) in [6.07, 6.45) is -3.85. The number of halogens is 3. The molecule has 1 aromatic carbocycles. The van der Waals surface area contributed by atoms with Gasteiger partial charge in [0, 0.05) is 38.3 Å². The third-order valence-corrected chi connectivity index (χ3v) is 4.81. The standard InChI is InChI=1S/C18H20F3N5O/c1-3-16-23-17(27-24-16)12(2)25-6-8-26(9-7-25)14-5-4-13(11-22)15(10-14)18(19,20)21/h4-5,10,12H,3,6-9H2,1-2H3. The summed E-state index contributed by atoms with van der Waals surface area (Å²) < 4.78 is 44.8. The normalized spacial score (nSPS) is 17.0. The first kappa shape index (κ1) is 19.2. The number of anilines is 1. The molecule has 1 fully saturated rings. The summed E-state index contributed by atoms with van der Waals surface area (Å²) in [5.74, 6) is 1.21. The Morgan fingerprint density at radius 2 is 1.96 bits per heavy atom. The van der Waals surface area contributed by atoms with Crippen molar-refractivity contribution in [1.29, 1.82) is 5.26 Å². The highest BCUT2D eigenvalue weighted by atomic mass is 19.4. The van der Waals surface area contributed by atoms with Crippen molar-refractivity contribution in [3.63, 3.8) is 0 Å². The minimum atomic E-state index is -4.55. The van der Waals surface area contributed by atoms with Crippen LogP contribution in [-0.4, -0.2) is 41.2 Å². The molecule has 2 aromatic rings. The smallest absolute Gasteiger partial charge is 0.369 e. The van der Waals surface area contributed by atoms with E-state index in [4.69, 9.17) is 9.78 Å². The highest BCUT2D eigenvalue weighted by Gasteiger charge is 2.34. The van der Waals surface area contributed by atoms with Crippen LogP contribution < -0.4 is 4.90 Å². The van der Waals surface area contributed by atoms with Crippen LogP contribution in [0.25, 0.3) is 0 Å². The van der Waals surface area contributed by atoms with E-state index in [1.54, 1.807) is 12.1 Å². The van der Waals surface area contributed by atoms with E-state index in [-0.39, 0.29) is 11.6 Å². The van der Waals surface area contributed by atoms with E-state index < -0.39 is 11.7 Å². The van der Waals surface area contributed by atoms with Gasteiger partial charge in [0.1, 0.15) is 0 Å². The van der Waals surface area contributed by atoms with Crippen molar-refractivity contribution in [2.24, 2.45) is 0 Å². The lowest BCUT2D eigenvalue weighted by Gasteiger charge is -2.38. The zero-order valence-electron chi connectivity index (χ0n) is 15.1. The van der Waals surface area contributed by atoms with E-state index >= 15 is 0 Å². The van der Waals surface area contributed by atoms with Gasteiger partial charge >= 0.3 is 6.18 Å². The molecule has 2 heterocycles. The Morgan fingerprint density at radius 3 is 2.52 bits per heavy atom. The molecule has 27 heavy (non-hydrogen) atoms. The Balaban J connectivity index is 1.69. The van der Waals surface area contributed by atoms with Crippen LogP contribution in [0.4, 0.5) is 18.9 Å². The number of nitriles is 1. The van der Waals surface area contributed by atoms with Gasteiger partial charge in [-0.15, -0.1) is 0 Å². The van der Waals surface area contributed by atoms with Crippen molar-refractivity contribution in [2.45, 2.75) is 32.5 Å². The van der Waals surface area contributed by atoms with Gasteiger partial charge in [0.2, 0.25) is 5.89 Å². The average molecular weight is 379 g/mol. The number of nitrogens with zero attached hydrogens (tertiary/aromatic N) is 5. The molecule has 0 N–H and O–H groups in total. The number of hydrogen-bond acceptors (Lipinski definition) is 6. The molecule has 0 aliphatic carbocycles. The lowest BCUT2D eigenvalue weighted by molar-refractivity contribution is -0.137. The molecule has 144 valence electrons. The van der Waals surface area contributed by atoms with E-state index in [1.807, 2.05) is 18.7 Å². The zero-order chi connectivity index (χ0) is 19.6. The molecule has 1 aromatic heterocycles. The number of benzene rings is 1. The summed E-state index contributed by atoms with van der Waals surface area (Å²) in [5, 5.41) is 12.8. The van der Waals surface area contributed by atoms with Crippen LogP contribution in [0.2, 0.25) is 0 Å². The molecule has 0 bridgehead atoms. The van der Waals surface area contributed by atoms with Crippen LogP contribution in [0, 0.1) is 11.3 Å². The van der Waals surface area contributed by atoms with E-state index in [9.17, 15) is 13.2 Å². The first-order chi connectivity index (χ1) is 12.8. The van der Waals surface area contributed by atoms with Gasteiger partial charge in [-0.05, 0) is 25.1 Å². The molecule has 1 aliphatic rings. The molecule has 0 radical (unpaired) electrons. The molecule has 1 aliphatic heterocycles. The monoisotopic (exact) mass is 379 g/mol. The summed E-state index contributed by atoms with van der Waals surface area (Å²) in [6, 6.07) is 5.42. The number of alkyl halides is 3. The Labute approximate surface area is 155 Å². The minimum Gasteiger partial charge on any atom is -0.369 e. The van der Waals surface area contributed by atoms with Crippen molar-refractivity contribution in [1.82, 2.24) is 15.0 Å². The molecule has 9 heteroatoms. The maximum atomic E-state index is 13.2. The first-order valence-corrected chi connectivity index (χ1v) is 8.76. The number of rotatable bonds is 4. The quantitative estimate of drug-likeness (QED) is 0.811. The van der Waals surface area contributed by atoms with Gasteiger partial charge in [-0.1, -0.05) is 12.1 Å². The lowest BCUT2D eigenvalue weighted by Crippen LogP contribution is -2.47. The maximum absolute atomic E-state index is 13.2. The van der Waals surface area contributed by atoms with Gasteiger partial charge < -0.3 is 9.42 Å². The predicted octanol–water partition coefficient (Wildman–Crippen LogP) is 3.41. The molecule has 0 amide bonds. The van der Waals surface area contributed by atoms with Crippen LogP contribution in [0.3, 0.4) is 0 Å². The SMILES string of the molecule is CCc1noc(C(C)N2CCN(c3ccc(C#N)c(C(F)(F)F)c3)CC2)n1. The largest absolute Gasteiger partial charge is 0.417 e. The van der Waals surface area contributed by atoms with Gasteiger partial charge in [0.05, 0.1) is 23.2 Å². The third kappa shape index (κ3) is 4.06. The fourth-order valence-electron chi connectivity index (χ4n) is 3.17. The van der Waals surface area contributed by atoms with Crippen molar-refractivity contribution in [2.75, 3.05) is 31.1 Å². The summed E-state index contributed by atoms with van der Waals surface area (Å²) in [5.41, 5.74) is -0.780. The molecular formula is C18H20F3N5O. The predicted molar refractivity (Wildman–Crippen MR) is 92.0 cm³/mol. The highest BCUT2D eigenvalue weighted by Crippen LogP contribution is 2.35. The zero-order valence-corrected chi connectivity index (χ0v) is 15.1. The highest BCUT2D eigenvalue weighted by molar-refractivity contribution is 5.55. The van der Waals surface area contributed by atoms with Crippen LogP contribution in [0.1, 0.15) is 42.7 Å². The number of hydrogen-bond donors (Lipinski definition) is 0. The second-order valence-electron chi connectivity index (χ2n) is 6.44. The van der Waals surface area contributed by atoms with Gasteiger partial charge in [-0.3, -0.25) is 4.90 Å². The molecule has 1 atom stereocenters. The van der Waals surface area contributed by atoms with Crippen LogP contribution in [-0.2, 0) is 12.6 Å². The molecule has 0 spiro atoms.